The topological polar surface area (TPSA) is 47.3 Å². The fourth-order valence-corrected chi connectivity index (χ4v) is 2.16. The van der Waals surface area contributed by atoms with Gasteiger partial charge in [-0.15, -0.1) is 0 Å². The van der Waals surface area contributed by atoms with Gasteiger partial charge in [-0.2, -0.15) is 5.10 Å². The van der Waals surface area contributed by atoms with Gasteiger partial charge in [0.05, 0.1) is 23.0 Å². The number of aliphatic hydroxyl groups excluding tert-OH is 1. The van der Waals surface area contributed by atoms with E-state index in [2.05, 4.69) is 5.10 Å². The van der Waals surface area contributed by atoms with E-state index in [-0.39, 0.29) is 6.10 Å². The lowest BCUT2D eigenvalue weighted by Crippen LogP contribution is -2.08. The maximum Gasteiger partial charge on any atom is 0.122 e. The minimum Gasteiger partial charge on any atom is -0.491 e. The van der Waals surface area contributed by atoms with E-state index in [1.807, 2.05) is 38.1 Å². The molecule has 0 saturated carbocycles. The van der Waals surface area contributed by atoms with Crippen LogP contribution in [0.25, 0.3) is 0 Å². The average molecular weight is 281 g/mol. The van der Waals surface area contributed by atoms with E-state index in [9.17, 15) is 5.11 Å². The molecule has 4 nitrogen and oxygen atoms in total. The standard InChI is InChI=1S/C14H17ClN2O2/c1-9(2)19-11-6-4-10(5-7-11)14(18)13-12(15)8-16-17(13)3/h4-9,14,18H,1-3H3. The number of benzene rings is 1. The molecule has 1 aromatic carbocycles. The van der Waals surface area contributed by atoms with Crippen molar-refractivity contribution in [1.82, 2.24) is 9.78 Å². The molecule has 1 N–H and O–H groups in total. The van der Waals surface area contributed by atoms with Crippen molar-refractivity contribution in [3.05, 3.63) is 46.7 Å². The highest BCUT2D eigenvalue weighted by molar-refractivity contribution is 6.31. The smallest absolute Gasteiger partial charge is 0.122 e. The van der Waals surface area contributed by atoms with Crippen molar-refractivity contribution in [2.24, 2.45) is 7.05 Å². The number of halogens is 1. The maximum absolute atomic E-state index is 10.3. The molecule has 1 aromatic heterocycles. The van der Waals surface area contributed by atoms with E-state index in [0.29, 0.717) is 10.7 Å². The van der Waals surface area contributed by atoms with Gasteiger partial charge in [0, 0.05) is 7.05 Å². The van der Waals surface area contributed by atoms with Crippen LogP contribution in [0.2, 0.25) is 5.02 Å². The van der Waals surface area contributed by atoms with Crippen LogP contribution in [-0.2, 0) is 7.05 Å². The second kappa shape index (κ2) is 5.63. The normalized spacial score (nSPS) is 12.7. The largest absolute Gasteiger partial charge is 0.491 e. The van der Waals surface area contributed by atoms with E-state index in [4.69, 9.17) is 16.3 Å². The Morgan fingerprint density at radius 3 is 2.37 bits per heavy atom. The first-order valence-corrected chi connectivity index (χ1v) is 6.49. The van der Waals surface area contributed by atoms with Crippen molar-refractivity contribution in [3.8, 4) is 5.75 Å². The lowest BCUT2D eigenvalue weighted by Gasteiger charge is -2.14. The number of hydrogen-bond donors (Lipinski definition) is 1. The zero-order valence-corrected chi connectivity index (χ0v) is 11.9. The molecule has 0 radical (unpaired) electrons. The first-order chi connectivity index (χ1) is 8.99. The molecule has 19 heavy (non-hydrogen) atoms. The highest BCUT2D eigenvalue weighted by Crippen LogP contribution is 2.28. The van der Waals surface area contributed by atoms with E-state index < -0.39 is 6.10 Å². The van der Waals surface area contributed by atoms with Gasteiger partial charge in [0.2, 0.25) is 0 Å². The third-order valence-electron chi connectivity index (χ3n) is 2.76. The predicted octanol–water partition coefficient (Wildman–Crippen LogP) is 2.94. The summed E-state index contributed by atoms with van der Waals surface area (Å²) in [5.41, 5.74) is 1.33. The molecule has 5 heteroatoms. The average Bonchev–Trinajstić information content (AvgIpc) is 2.68. The van der Waals surface area contributed by atoms with Crippen LogP contribution in [0.15, 0.2) is 30.5 Å². The molecule has 1 atom stereocenters. The van der Waals surface area contributed by atoms with E-state index >= 15 is 0 Å². The summed E-state index contributed by atoms with van der Waals surface area (Å²) < 4.78 is 7.14. The number of rotatable bonds is 4. The van der Waals surface area contributed by atoms with Gasteiger partial charge < -0.3 is 9.84 Å². The molecule has 0 aliphatic heterocycles. The van der Waals surface area contributed by atoms with Gasteiger partial charge in [-0.3, -0.25) is 4.68 Å². The summed E-state index contributed by atoms with van der Waals surface area (Å²) in [7, 11) is 1.75. The molecular weight excluding hydrogens is 264 g/mol. The molecule has 102 valence electrons. The molecule has 0 bridgehead atoms. The zero-order chi connectivity index (χ0) is 14.0. The van der Waals surface area contributed by atoms with E-state index in [0.717, 1.165) is 11.3 Å². The first-order valence-electron chi connectivity index (χ1n) is 6.11. The Labute approximate surface area is 117 Å². The highest BCUT2D eigenvalue weighted by Gasteiger charge is 2.18. The molecule has 2 aromatic rings. The molecule has 0 fully saturated rings. The van der Waals surface area contributed by atoms with Crippen LogP contribution in [0, 0.1) is 0 Å². The highest BCUT2D eigenvalue weighted by atomic mass is 35.5. The summed E-state index contributed by atoms with van der Waals surface area (Å²) in [6.45, 7) is 3.94. The molecule has 0 saturated heterocycles. The van der Waals surface area contributed by atoms with Crippen LogP contribution in [0.4, 0.5) is 0 Å². The number of nitrogens with zero attached hydrogens (tertiary/aromatic N) is 2. The summed E-state index contributed by atoms with van der Waals surface area (Å²) >= 11 is 6.02. The summed E-state index contributed by atoms with van der Waals surface area (Å²) in [6.07, 6.45) is 0.853. The van der Waals surface area contributed by atoms with Gasteiger partial charge in [-0.25, -0.2) is 0 Å². The second-order valence-electron chi connectivity index (χ2n) is 4.64. The predicted molar refractivity (Wildman–Crippen MR) is 74.5 cm³/mol. The van der Waals surface area contributed by atoms with Crippen molar-refractivity contribution < 1.29 is 9.84 Å². The summed E-state index contributed by atoms with van der Waals surface area (Å²) in [5.74, 6) is 0.780. The Morgan fingerprint density at radius 2 is 1.89 bits per heavy atom. The van der Waals surface area contributed by atoms with Crippen LogP contribution in [0.1, 0.15) is 31.2 Å². The third kappa shape index (κ3) is 3.08. The zero-order valence-electron chi connectivity index (χ0n) is 11.2. The summed E-state index contributed by atoms with van der Waals surface area (Å²) in [6, 6.07) is 7.32. The summed E-state index contributed by atoms with van der Waals surface area (Å²) in [5, 5.41) is 14.8. The van der Waals surface area contributed by atoms with Gasteiger partial charge in [0.25, 0.3) is 0 Å². The Balaban J connectivity index is 2.23. The second-order valence-corrected chi connectivity index (χ2v) is 5.05. The molecule has 1 heterocycles. The SMILES string of the molecule is CC(C)Oc1ccc(C(O)c2c(Cl)cnn2C)cc1. The molecule has 0 aliphatic carbocycles. The molecule has 1 unspecified atom stereocenters. The Morgan fingerprint density at radius 1 is 1.26 bits per heavy atom. The van der Waals surface area contributed by atoms with Gasteiger partial charge in [-0.1, -0.05) is 23.7 Å². The van der Waals surface area contributed by atoms with Crippen molar-refractivity contribution in [2.75, 3.05) is 0 Å². The van der Waals surface area contributed by atoms with Crippen LogP contribution in [0.3, 0.4) is 0 Å². The van der Waals surface area contributed by atoms with Crippen molar-refractivity contribution in [3.63, 3.8) is 0 Å². The van der Waals surface area contributed by atoms with Crippen molar-refractivity contribution >= 4 is 11.6 Å². The Hall–Kier alpha value is -1.52. The van der Waals surface area contributed by atoms with Crippen LogP contribution >= 0.6 is 11.6 Å². The van der Waals surface area contributed by atoms with E-state index in [1.54, 1.807) is 11.7 Å². The van der Waals surface area contributed by atoms with Crippen LogP contribution in [-0.4, -0.2) is 21.0 Å². The summed E-state index contributed by atoms with van der Waals surface area (Å²) in [4.78, 5) is 0. The van der Waals surface area contributed by atoms with Crippen LogP contribution < -0.4 is 4.74 Å². The Bertz CT molecular complexity index is 530. The number of ether oxygens (including phenoxy) is 1. The molecular formula is C14H17ClN2O2. The third-order valence-corrected chi connectivity index (χ3v) is 3.06. The molecule has 0 amide bonds. The lowest BCUT2D eigenvalue weighted by molar-refractivity contribution is 0.209. The first kappa shape index (κ1) is 13.9. The van der Waals surface area contributed by atoms with Gasteiger partial charge in [-0.05, 0) is 31.5 Å². The van der Waals surface area contributed by atoms with Crippen molar-refractivity contribution in [2.45, 2.75) is 26.1 Å². The minimum absolute atomic E-state index is 0.127. The number of hydrogen-bond acceptors (Lipinski definition) is 3. The number of aliphatic hydroxyl groups is 1. The maximum atomic E-state index is 10.3. The lowest BCUT2D eigenvalue weighted by atomic mass is 10.1. The molecule has 0 spiro atoms. The minimum atomic E-state index is -0.798. The Kier molecular flexibility index (Phi) is 4.12. The molecule has 0 aliphatic rings. The molecule has 2 rings (SSSR count). The number of aromatic nitrogens is 2. The van der Waals surface area contributed by atoms with Crippen molar-refractivity contribution in [1.29, 1.82) is 0 Å². The van der Waals surface area contributed by atoms with Crippen LogP contribution in [0.5, 0.6) is 5.75 Å². The monoisotopic (exact) mass is 280 g/mol. The van der Waals surface area contributed by atoms with Gasteiger partial charge in [0.15, 0.2) is 0 Å². The quantitative estimate of drug-likeness (QED) is 0.937. The fourth-order valence-electron chi connectivity index (χ4n) is 1.89. The number of aryl methyl sites for hydroxylation is 1. The van der Waals surface area contributed by atoms with Gasteiger partial charge in [0.1, 0.15) is 11.9 Å². The van der Waals surface area contributed by atoms with E-state index in [1.165, 1.54) is 6.20 Å². The fraction of sp³-hybridized carbons (Fsp3) is 0.357. The van der Waals surface area contributed by atoms with Gasteiger partial charge >= 0.3 is 0 Å².